The second kappa shape index (κ2) is 11.2. The van der Waals surface area contributed by atoms with Crippen LogP contribution in [0.4, 0.5) is 0 Å². The standard InChI is InChI=1S/C5H9NO3S.C4H9NO2S/c1-3(7)6-4(2-10)5(8)9;1-7-4(6)3(5)2-8/h4,10H,2H2,1H3,(H,6,7)(H,8,9);3,8H,2,5H2,1H3/t4-;3-/m00/s1. The van der Waals surface area contributed by atoms with Gasteiger partial charge in [-0.05, 0) is 0 Å². The van der Waals surface area contributed by atoms with Crippen LogP contribution in [-0.2, 0) is 19.1 Å². The summed E-state index contributed by atoms with van der Waals surface area (Å²) < 4.78 is 4.29. The Morgan fingerprint density at radius 2 is 1.83 bits per heavy atom. The summed E-state index contributed by atoms with van der Waals surface area (Å²) in [7, 11) is 1.30. The van der Waals surface area contributed by atoms with Crippen LogP contribution in [0.3, 0.4) is 0 Å². The Kier molecular flexibility index (Phi) is 12.1. The molecule has 0 aromatic carbocycles. The average Bonchev–Trinajstić information content (AvgIpc) is 2.34. The summed E-state index contributed by atoms with van der Waals surface area (Å²) in [6.07, 6.45) is 0. The lowest BCUT2D eigenvalue weighted by atomic mass is 10.3. The van der Waals surface area contributed by atoms with E-state index in [9.17, 15) is 14.4 Å². The van der Waals surface area contributed by atoms with E-state index in [0.717, 1.165) is 0 Å². The van der Waals surface area contributed by atoms with Crippen molar-refractivity contribution in [2.24, 2.45) is 5.73 Å². The normalized spacial score (nSPS) is 12.5. The summed E-state index contributed by atoms with van der Waals surface area (Å²) in [6.45, 7) is 1.26. The van der Waals surface area contributed by atoms with E-state index in [1.165, 1.54) is 14.0 Å². The van der Waals surface area contributed by atoms with E-state index in [1.54, 1.807) is 0 Å². The zero-order valence-corrected chi connectivity index (χ0v) is 11.9. The highest BCUT2D eigenvalue weighted by molar-refractivity contribution is 7.80. The Labute approximate surface area is 116 Å². The van der Waals surface area contributed by atoms with Crippen LogP contribution < -0.4 is 11.1 Å². The number of ether oxygens (including phenoxy) is 1. The SMILES string of the molecule is CC(=O)N[C@@H](CS)C(=O)O.COC(=O)[C@@H](N)CS. The van der Waals surface area contributed by atoms with Crippen molar-refractivity contribution in [1.29, 1.82) is 0 Å². The second-order valence-electron chi connectivity index (χ2n) is 3.09. The van der Waals surface area contributed by atoms with Gasteiger partial charge in [0, 0.05) is 18.4 Å². The zero-order chi connectivity index (χ0) is 14.7. The van der Waals surface area contributed by atoms with Crippen molar-refractivity contribution in [3.05, 3.63) is 0 Å². The van der Waals surface area contributed by atoms with Crippen molar-refractivity contribution in [2.45, 2.75) is 19.0 Å². The molecule has 0 unspecified atom stereocenters. The van der Waals surface area contributed by atoms with Gasteiger partial charge in [0.15, 0.2) is 0 Å². The first-order valence-corrected chi connectivity index (χ1v) is 6.11. The summed E-state index contributed by atoms with van der Waals surface area (Å²) in [5.74, 6) is -1.41. The molecule has 0 radical (unpaired) electrons. The van der Waals surface area contributed by atoms with Crippen molar-refractivity contribution in [2.75, 3.05) is 18.6 Å². The molecule has 1 amide bonds. The van der Waals surface area contributed by atoms with Crippen LogP contribution >= 0.6 is 25.3 Å². The highest BCUT2D eigenvalue weighted by Gasteiger charge is 2.15. The minimum atomic E-state index is -1.06. The van der Waals surface area contributed by atoms with Gasteiger partial charge in [-0.15, -0.1) is 0 Å². The van der Waals surface area contributed by atoms with E-state index in [0.29, 0.717) is 5.75 Å². The first-order chi connectivity index (χ1) is 8.29. The lowest BCUT2D eigenvalue weighted by Gasteiger charge is -2.08. The minimum Gasteiger partial charge on any atom is -0.480 e. The van der Waals surface area contributed by atoms with Crippen LogP contribution in [0.15, 0.2) is 0 Å². The minimum absolute atomic E-state index is 0.106. The van der Waals surface area contributed by atoms with Gasteiger partial charge >= 0.3 is 11.9 Å². The topological polar surface area (TPSA) is 119 Å². The van der Waals surface area contributed by atoms with Crippen LogP contribution in [0, 0.1) is 0 Å². The van der Waals surface area contributed by atoms with E-state index in [2.05, 4.69) is 35.3 Å². The first-order valence-electron chi connectivity index (χ1n) is 4.85. The molecule has 18 heavy (non-hydrogen) atoms. The van der Waals surface area contributed by atoms with E-state index in [-0.39, 0.29) is 11.7 Å². The molecule has 0 heterocycles. The molecule has 4 N–H and O–H groups in total. The molecule has 0 saturated heterocycles. The number of nitrogens with two attached hydrogens (primary N) is 1. The Morgan fingerprint density at radius 1 is 1.33 bits per heavy atom. The van der Waals surface area contributed by atoms with Gasteiger partial charge in [0.2, 0.25) is 5.91 Å². The van der Waals surface area contributed by atoms with Crippen molar-refractivity contribution >= 4 is 43.1 Å². The zero-order valence-electron chi connectivity index (χ0n) is 10.1. The van der Waals surface area contributed by atoms with E-state index < -0.39 is 24.0 Å². The molecular formula is C9H18N2O5S2. The molecule has 0 spiro atoms. The third-order valence-corrected chi connectivity index (χ3v) is 2.32. The Bertz CT molecular complexity index is 288. The van der Waals surface area contributed by atoms with E-state index in [4.69, 9.17) is 10.8 Å². The van der Waals surface area contributed by atoms with Gasteiger partial charge in [-0.2, -0.15) is 25.3 Å². The number of aliphatic carboxylic acids is 1. The number of hydrogen-bond acceptors (Lipinski definition) is 7. The highest BCUT2D eigenvalue weighted by atomic mass is 32.1. The molecule has 7 nitrogen and oxygen atoms in total. The van der Waals surface area contributed by atoms with Gasteiger partial charge in [-0.25, -0.2) is 4.79 Å². The third-order valence-electron chi connectivity index (χ3n) is 1.56. The van der Waals surface area contributed by atoms with Crippen molar-refractivity contribution in [3.8, 4) is 0 Å². The quantitative estimate of drug-likeness (QED) is 0.325. The predicted molar refractivity (Wildman–Crippen MR) is 72.9 cm³/mol. The molecule has 0 aromatic rings. The number of amides is 1. The third kappa shape index (κ3) is 10.2. The van der Waals surface area contributed by atoms with Gasteiger partial charge in [0.25, 0.3) is 0 Å². The number of esters is 1. The molecule has 0 aliphatic rings. The molecular weight excluding hydrogens is 280 g/mol. The lowest BCUT2D eigenvalue weighted by Crippen LogP contribution is -2.40. The Morgan fingerprint density at radius 3 is 1.94 bits per heavy atom. The monoisotopic (exact) mass is 298 g/mol. The highest BCUT2D eigenvalue weighted by Crippen LogP contribution is 1.87. The maximum absolute atomic E-state index is 10.3. The fourth-order valence-electron chi connectivity index (χ4n) is 0.657. The van der Waals surface area contributed by atoms with E-state index >= 15 is 0 Å². The summed E-state index contributed by atoms with van der Waals surface area (Å²) in [4.78, 5) is 30.9. The maximum Gasteiger partial charge on any atom is 0.327 e. The average molecular weight is 298 g/mol. The lowest BCUT2D eigenvalue weighted by molar-refractivity contribution is -0.141. The van der Waals surface area contributed by atoms with Crippen molar-refractivity contribution < 1.29 is 24.2 Å². The number of nitrogens with one attached hydrogen (secondary N) is 1. The molecule has 2 atom stereocenters. The predicted octanol–water partition coefficient (Wildman–Crippen LogP) is -1.08. The van der Waals surface area contributed by atoms with Gasteiger partial charge in [0.1, 0.15) is 12.1 Å². The number of thiol groups is 2. The fraction of sp³-hybridized carbons (Fsp3) is 0.667. The van der Waals surface area contributed by atoms with Crippen LogP contribution in [0.25, 0.3) is 0 Å². The molecule has 0 aliphatic heterocycles. The molecule has 0 fully saturated rings. The molecule has 9 heteroatoms. The summed E-state index contributed by atoms with van der Waals surface area (Å²) >= 11 is 7.52. The molecule has 0 aromatic heterocycles. The Hall–Kier alpha value is -0.930. The summed E-state index contributed by atoms with van der Waals surface area (Å²) in [5, 5.41) is 10.6. The van der Waals surface area contributed by atoms with Gasteiger partial charge in [-0.1, -0.05) is 0 Å². The largest absolute Gasteiger partial charge is 0.480 e. The fourth-order valence-corrected chi connectivity index (χ4v) is 1.05. The van der Waals surface area contributed by atoms with Crippen molar-refractivity contribution in [1.82, 2.24) is 5.32 Å². The number of hydrogen-bond donors (Lipinski definition) is 5. The number of rotatable bonds is 5. The Balaban J connectivity index is 0. The molecule has 0 bridgehead atoms. The van der Waals surface area contributed by atoms with Crippen LogP contribution in [0.5, 0.6) is 0 Å². The number of methoxy groups -OCH3 is 1. The van der Waals surface area contributed by atoms with Crippen molar-refractivity contribution in [3.63, 3.8) is 0 Å². The van der Waals surface area contributed by atoms with Gasteiger partial charge < -0.3 is 20.9 Å². The molecule has 106 valence electrons. The maximum atomic E-state index is 10.3. The summed E-state index contributed by atoms with van der Waals surface area (Å²) in [6, 6.07) is -1.45. The number of carbonyl (C=O) groups is 3. The second-order valence-corrected chi connectivity index (χ2v) is 3.82. The van der Waals surface area contributed by atoms with E-state index in [1.807, 2.05) is 0 Å². The van der Waals surface area contributed by atoms with Gasteiger partial charge in [-0.3, -0.25) is 9.59 Å². The number of carboxylic acid groups (broad SMARTS) is 1. The van der Waals surface area contributed by atoms with Crippen LogP contribution in [-0.4, -0.2) is 53.7 Å². The number of carbonyl (C=O) groups excluding carboxylic acids is 2. The first kappa shape index (κ1) is 19.4. The van der Waals surface area contributed by atoms with Crippen LogP contribution in [0.2, 0.25) is 0 Å². The molecule has 0 saturated carbocycles. The molecule has 0 rings (SSSR count). The molecule has 0 aliphatic carbocycles. The number of carboxylic acids is 1. The van der Waals surface area contributed by atoms with Gasteiger partial charge in [0.05, 0.1) is 7.11 Å². The van der Waals surface area contributed by atoms with Crippen LogP contribution in [0.1, 0.15) is 6.92 Å². The summed E-state index contributed by atoms with van der Waals surface area (Å²) in [5.41, 5.74) is 5.18. The smallest absolute Gasteiger partial charge is 0.327 e.